The normalized spacial score (nSPS) is 24.8. The summed E-state index contributed by atoms with van der Waals surface area (Å²) in [5, 5.41) is 9.81. The van der Waals surface area contributed by atoms with Gasteiger partial charge in [-0.25, -0.2) is 4.39 Å². The lowest BCUT2D eigenvalue weighted by Crippen LogP contribution is -2.49. The van der Waals surface area contributed by atoms with Crippen molar-refractivity contribution in [3.05, 3.63) is 81.7 Å². The van der Waals surface area contributed by atoms with Crippen LogP contribution in [0.5, 0.6) is 0 Å². The fourth-order valence-electron chi connectivity index (χ4n) is 5.95. The highest BCUT2D eigenvalue weighted by atomic mass is 35.5. The predicted octanol–water partition coefficient (Wildman–Crippen LogP) is 5.86. The minimum Gasteiger partial charge on any atom is -0.338 e. The first kappa shape index (κ1) is 25.8. The Labute approximate surface area is 225 Å². The highest BCUT2D eigenvalue weighted by Gasteiger charge is 2.66. The van der Waals surface area contributed by atoms with Gasteiger partial charge >= 0.3 is 0 Å². The predicted molar refractivity (Wildman–Crippen MR) is 145 cm³/mol. The molecule has 37 heavy (non-hydrogen) atoms. The van der Waals surface area contributed by atoms with Crippen molar-refractivity contribution in [3.63, 3.8) is 0 Å². The first-order valence-corrected chi connectivity index (χ1v) is 12.9. The van der Waals surface area contributed by atoms with Crippen molar-refractivity contribution < 1.29 is 14.0 Å². The van der Waals surface area contributed by atoms with E-state index in [2.05, 4.69) is 36.7 Å². The Hall–Kier alpha value is -2.87. The molecule has 2 aliphatic rings. The van der Waals surface area contributed by atoms with Crippen molar-refractivity contribution >= 4 is 46.5 Å². The van der Waals surface area contributed by atoms with E-state index in [1.54, 1.807) is 41.0 Å². The maximum atomic E-state index is 15.8. The molecule has 1 spiro atoms. The number of carbonyl (C=O) groups excluding carboxylic acids is 2. The van der Waals surface area contributed by atoms with Gasteiger partial charge in [0.05, 0.1) is 11.1 Å². The summed E-state index contributed by atoms with van der Waals surface area (Å²) in [7, 11) is 1.82. The van der Waals surface area contributed by atoms with Crippen molar-refractivity contribution in [1.29, 1.82) is 0 Å². The van der Waals surface area contributed by atoms with Crippen LogP contribution in [0.3, 0.4) is 0 Å². The maximum absolute atomic E-state index is 15.8. The van der Waals surface area contributed by atoms with Crippen LogP contribution in [0.2, 0.25) is 10.0 Å². The van der Waals surface area contributed by atoms with Gasteiger partial charge in [0.15, 0.2) is 0 Å². The number of fused-ring (bicyclic) bond motifs is 2. The van der Waals surface area contributed by atoms with E-state index in [-0.39, 0.29) is 27.8 Å². The third-order valence-electron chi connectivity index (χ3n) is 7.42. The molecule has 4 unspecified atom stereocenters. The van der Waals surface area contributed by atoms with Crippen LogP contribution < -0.4 is 16.0 Å². The first-order valence-electron chi connectivity index (χ1n) is 12.2. The molecular formula is C28H29Cl2FN4O2. The number of nitrogens with one attached hydrogen (secondary N) is 3. The SMILES string of the molecule is Cn1cccc1NC(=O)C1NC(CC(C)(C)C)C2(C(=O)Nc3cc(Cl)ccc32)C1c1cccc(Cl)c1F. The topological polar surface area (TPSA) is 75.2 Å². The number of hydrogen-bond acceptors (Lipinski definition) is 3. The van der Waals surface area contributed by atoms with E-state index < -0.39 is 29.2 Å². The van der Waals surface area contributed by atoms with E-state index in [4.69, 9.17) is 23.2 Å². The van der Waals surface area contributed by atoms with Crippen LogP contribution in [0.4, 0.5) is 15.9 Å². The summed E-state index contributed by atoms with van der Waals surface area (Å²) in [5.41, 5.74) is -0.0339. The third kappa shape index (κ3) is 4.23. The lowest BCUT2D eigenvalue weighted by atomic mass is 9.62. The van der Waals surface area contributed by atoms with Crippen LogP contribution >= 0.6 is 23.2 Å². The standard InChI is InChI=1S/C28H29Cl2FN4O2/c1-27(2,3)14-20-28(17-11-10-15(29)13-19(17)32-26(28)37)22(16-7-5-8-18(30)23(16)31)24(33-20)25(36)34-21-9-6-12-35(21)4/h5-13,20,22,24,33H,14H2,1-4H3,(H,32,37)(H,34,36). The number of aromatic nitrogens is 1. The fraction of sp³-hybridized carbons (Fsp3) is 0.357. The van der Waals surface area contributed by atoms with Gasteiger partial charge in [0.1, 0.15) is 17.1 Å². The zero-order chi connectivity index (χ0) is 26.7. The molecule has 6 nitrogen and oxygen atoms in total. The molecule has 0 saturated carbocycles. The Morgan fingerprint density at radius 2 is 1.92 bits per heavy atom. The molecule has 2 amide bonds. The molecule has 1 saturated heterocycles. The van der Waals surface area contributed by atoms with Gasteiger partial charge in [0.25, 0.3) is 0 Å². The molecule has 194 valence electrons. The van der Waals surface area contributed by atoms with Crippen LogP contribution in [0.15, 0.2) is 54.7 Å². The minimum absolute atomic E-state index is 0.0664. The monoisotopic (exact) mass is 542 g/mol. The quantitative estimate of drug-likeness (QED) is 0.386. The summed E-state index contributed by atoms with van der Waals surface area (Å²) >= 11 is 12.5. The van der Waals surface area contributed by atoms with Gasteiger partial charge < -0.3 is 20.5 Å². The molecule has 3 heterocycles. The van der Waals surface area contributed by atoms with Crippen LogP contribution in [0.1, 0.15) is 44.2 Å². The molecule has 1 aromatic heterocycles. The molecule has 4 atom stereocenters. The number of benzene rings is 2. The first-order chi connectivity index (χ1) is 17.4. The van der Waals surface area contributed by atoms with E-state index in [1.807, 2.05) is 19.3 Å². The van der Waals surface area contributed by atoms with Gasteiger partial charge in [-0.05, 0) is 53.3 Å². The number of nitrogens with zero attached hydrogens (tertiary/aromatic N) is 1. The molecule has 2 aromatic carbocycles. The highest BCUT2D eigenvalue weighted by molar-refractivity contribution is 6.31. The van der Waals surface area contributed by atoms with Gasteiger partial charge in [-0.3, -0.25) is 9.59 Å². The Morgan fingerprint density at radius 1 is 1.16 bits per heavy atom. The molecule has 9 heteroatoms. The number of hydrogen-bond donors (Lipinski definition) is 3. The summed E-state index contributed by atoms with van der Waals surface area (Å²) in [6.07, 6.45) is 2.37. The second-order valence-electron chi connectivity index (χ2n) is 11.1. The largest absolute Gasteiger partial charge is 0.338 e. The lowest BCUT2D eigenvalue weighted by Gasteiger charge is -2.37. The zero-order valence-corrected chi connectivity index (χ0v) is 22.5. The second kappa shape index (κ2) is 9.15. The summed E-state index contributed by atoms with van der Waals surface area (Å²) in [6.45, 7) is 6.22. The number of halogens is 3. The van der Waals surface area contributed by atoms with Crippen LogP contribution in [-0.2, 0) is 22.1 Å². The van der Waals surface area contributed by atoms with Gasteiger partial charge in [-0.2, -0.15) is 0 Å². The van der Waals surface area contributed by atoms with Crippen molar-refractivity contribution in [2.45, 2.75) is 50.6 Å². The number of rotatable bonds is 4. The summed E-state index contributed by atoms with van der Waals surface area (Å²) in [4.78, 5) is 28.0. The summed E-state index contributed by atoms with van der Waals surface area (Å²) < 4.78 is 17.5. The fourth-order valence-corrected chi connectivity index (χ4v) is 6.30. The van der Waals surface area contributed by atoms with Crippen molar-refractivity contribution in [1.82, 2.24) is 9.88 Å². The summed E-state index contributed by atoms with van der Waals surface area (Å²) in [6, 6.07) is 12.1. The molecule has 1 fully saturated rings. The van der Waals surface area contributed by atoms with Crippen LogP contribution in [0.25, 0.3) is 0 Å². The number of anilines is 2. The van der Waals surface area contributed by atoms with E-state index in [9.17, 15) is 9.59 Å². The van der Waals surface area contributed by atoms with E-state index in [0.29, 0.717) is 28.5 Å². The van der Waals surface area contributed by atoms with E-state index in [0.717, 1.165) is 0 Å². The lowest BCUT2D eigenvalue weighted by molar-refractivity contribution is -0.122. The molecule has 0 bridgehead atoms. The van der Waals surface area contributed by atoms with Crippen LogP contribution in [0, 0.1) is 11.2 Å². The van der Waals surface area contributed by atoms with Crippen molar-refractivity contribution in [2.24, 2.45) is 12.5 Å². The molecule has 0 aliphatic carbocycles. The Bertz CT molecular complexity index is 1400. The molecule has 5 rings (SSSR count). The number of aryl methyl sites for hydroxylation is 1. The van der Waals surface area contributed by atoms with Gasteiger partial charge in [-0.1, -0.05) is 62.2 Å². The van der Waals surface area contributed by atoms with Crippen molar-refractivity contribution in [3.8, 4) is 0 Å². The van der Waals surface area contributed by atoms with Gasteiger partial charge in [-0.15, -0.1) is 0 Å². The number of amides is 2. The molecule has 2 aliphatic heterocycles. The van der Waals surface area contributed by atoms with Gasteiger partial charge in [0.2, 0.25) is 11.8 Å². The molecule has 3 N–H and O–H groups in total. The summed E-state index contributed by atoms with van der Waals surface area (Å²) in [5.74, 6) is -1.60. The average molecular weight is 543 g/mol. The molecular weight excluding hydrogens is 514 g/mol. The Morgan fingerprint density at radius 3 is 2.59 bits per heavy atom. The molecule has 0 radical (unpaired) electrons. The average Bonchev–Trinajstić information content (AvgIpc) is 3.44. The zero-order valence-electron chi connectivity index (χ0n) is 21.0. The molecule has 3 aromatic rings. The Balaban J connectivity index is 1.75. The number of carbonyl (C=O) groups is 2. The van der Waals surface area contributed by atoms with Gasteiger partial charge in [0, 0.05) is 35.9 Å². The second-order valence-corrected chi connectivity index (χ2v) is 11.9. The van der Waals surface area contributed by atoms with E-state index in [1.165, 1.54) is 6.07 Å². The third-order valence-corrected chi connectivity index (χ3v) is 7.94. The minimum atomic E-state index is -1.28. The Kier molecular flexibility index (Phi) is 6.37. The smallest absolute Gasteiger partial charge is 0.243 e. The van der Waals surface area contributed by atoms with E-state index >= 15 is 4.39 Å². The van der Waals surface area contributed by atoms with Crippen LogP contribution in [-0.4, -0.2) is 28.5 Å². The highest BCUT2D eigenvalue weighted by Crippen LogP contribution is 2.57. The maximum Gasteiger partial charge on any atom is 0.243 e. The van der Waals surface area contributed by atoms with Crippen molar-refractivity contribution in [2.75, 3.05) is 10.6 Å².